The highest BCUT2D eigenvalue weighted by Gasteiger charge is 2.33. The van der Waals surface area contributed by atoms with E-state index in [1.54, 1.807) is 55.6 Å². The molecule has 1 aliphatic rings. The summed E-state index contributed by atoms with van der Waals surface area (Å²) >= 11 is 3.48. The van der Waals surface area contributed by atoms with Crippen molar-refractivity contribution in [2.75, 3.05) is 26.2 Å². The molecule has 0 bridgehead atoms. The van der Waals surface area contributed by atoms with Crippen LogP contribution in [0.15, 0.2) is 75.8 Å². The Balaban J connectivity index is 1.85. The molecule has 0 fully saturated rings. The summed E-state index contributed by atoms with van der Waals surface area (Å²) in [5.74, 6) is 1.57. The molecule has 0 atom stereocenters. The number of carbonyl (C=O) groups is 1. The van der Waals surface area contributed by atoms with Crippen LogP contribution in [-0.2, 0) is 4.79 Å². The molecular formula is C25H20BrN3O6. The number of nitrogens with zero attached hydrogens (tertiary/aromatic N) is 3. The van der Waals surface area contributed by atoms with Crippen LogP contribution in [0.2, 0.25) is 0 Å². The molecule has 0 aliphatic carbocycles. The maximum absolute atomic E-state index is 13.6. The number of ether oxygens (including phenoxy) is 3. The van der Waals surface area contributed by atoms with E-state index < -0.39 is 10.8 Å². The number of benzene rings is 3. The van der Waals surface area contributed by atoms with Gasteiger partial charge in [-0.2, -0.15) is 0 Å². The average molecular weight is 538 g/mol. The summed E-state index contributed by atoms with van der Waals surface area (Å²) in [6.07, 6.45) is 1.52. The molecule has 10 heteroatoms. The second-order valence-corrected chi connectivity index (χ2v) is 8.20. The summed E-state index contributed by atoms with van der Waals surface area (Å²) < 4.78 is 16.7. The molecule has 4 rings (SSSR count). The Morgan fingerprint density at radius 3 is 2.31 bits per heavy atom. The smallest absolute Gasteiger partial charge is 0.282 e. The number of aliphatic imine (C=N–C) groups is 1. The topological polar surface area (TPSA) is 104 Å². The molecule has 0 saturated carbocycles. The van der Waals surface area contributed by atoms with Crippen molar-refractivity contribution >= 4 is 45.1 Å². The van der Waals surface area contributed by atoms with Gasteiger partial charge in [0.1, 0.15) is 17.3 Å². The Morgan fingerprint density at radius 1 is 0.943 bits per heavy atom. The first kappa shape index (κ1) is 24.0. The summed E-state index contributed by atoms with van der Waals surface area (Å²) in [5, 5.41) is 11.2. The number of rotatable bonds is 7. The Bertz CT molecular complexity index is 1390. The molecule has 0 aromatic heterocycles. The Labute approximate surface area is 209 Å². The van der Waals surface area contributed by atoms with Crippen LogP contribution in [0, 0.1) is 10.1 Å². The summed E-state index contributed by atoms with van der Waals surface area (Å²) in [7, 11) is 4.60. The number of non-ortho nitro benzene ring substituents is 1. The van der Waals surface area contributed by atoms with E-state index in [1.165, 1.54) is 37.3 Å². The van der Waals surface area contributed by atoms with Crippen LogP contribution in [0.3, 0.4) is 0 Å². The molecule has 0 unspecified atom stereocenters. The lowest BCUT2D eigenvalue weighted by atomic mass is 10.1. The molecule has 3 aromatic rings. The number of nitro benzene ring substituents is 1. The minimum atomic E-state index is -0.488. The third kappa shape index (κ3) is 4.73. The van der Waals surface area contributed by atoms with Gasteiger partial charge in [0.15, 0.2) is 11.5 Å². The highest BCUT2D eigenvalue weighted by Crippen LogP contribution is 2.36. The van der Waals surface area contributed by atoms with Crippen LogP contribution in [0.25, 0.3) is 6.08 Å². The van der Waals surface area contributed by atoms with Crippen molar-refractivity contribution in [2.24, 2.45) is 4.99 Å². The average Bonchev–Trinajstić information content (AvgIpc) is 3.19. The van der Waals surface area contributed by atoms with Gasteiger partial charge in [-0.05, 0) is 57.9 Å². The summed E-state index contributed by atoms with van der Waals surface area (Å²) in [4.78, 5) is 30.3. The maximum atomic E-state index is 13.6. The van der Waals surface area contributed by atoms with Crippen molar-refractivity contribution in [1.29, 1.82) is 0 Å². The van der Waals surface area contributed by atoms with Crippen molar-refractivity contribution in [3.05, 3.63) is 92.1 Å². The molecule has 9 nitrogen and oxygen atoms in total. The van der Waals surface area contributed by atoms with Gasteiger partial charge in [0, 0.05) is 23.8 Å². The minimum absolute atomic E-state index is 0.0789. The molecule has 35 heavy (non-hydrogen) atoms. The van der Waals surface area contributed by atoms with Crippen LogP contribution in [-0.4, -0.2) is 38.0 Å². The molecule has 1 amide bonds. The van der Waals surface area contributed by atoms with Gasteiger partial charge in [-0.3, -0.25) is 19.8 Å². The fourth-order valence-electron chi connectivity index (χ4n) is 3.61. The van der Waals surface area contributed by atoms with E-state index in [0.717, 1.165) is 0 Å². The molecule has 1 heterocycles. The lowest BCUT2D eigenvalue weighted by molar-refractivity contribution is -0.384. The number of carbonyl (C=O) groups excluding carboxylic acids is 1. The summed E-state index contributed by atoms with van der Waals surface area (Å²) in [6, 6.07) is 16.5. The van der Waals surface area contributed by atoms with E-state index >= 15 is 0 Å². The van der Waals surface area contributed by atoms with E-state index in [1.807, 2.05) is 0 Å². The largest absolute Gasteiger partial charge is 0.496 e. The zero-order valence-corrected chi connectivity index (χ0v) is 20.6. The van der Waals surface area contributed by atoms with E-state index in [-0.39, 0.29) is 11.4 Å². The van der Waals surface area contributed by atoms with E-state index in [9.17, 15) is 14.9 Å². The zero-order chi connectivity index (χ0) is 25.1. The second kappa shape index (κ2) is 9.98. The number of methoxy groups -OCH3 is 3. The van der Waals surface area contributed by atoms with Gasteiger partial charge in [0.2, 0.25) is 0 Å². The molecule has 178 valence electrons. The fraction of sp³-hybridized carbons (Fsp3) is 0.120. The van der Waals surface area contributed by atoms with E-state index in [4.69, 9.17) is 14.2 Å². The van der Waals surface area contributed by atoms with Crippen molar-refractivity contribution in [1.82, 2.24) is 0 Å². The number of halogens is 1. The summed E-state index contributed by atoms with van der Waals surface area (Å²) in [6.45, 7) is 0. The Morgan fingerprint density at radius 2 is 1.66 bits per heavy atom. The van der Waals surface area contributed by atoms with Gasteiger partial charge in [0.25, 0.3) is 11.6 Å². The third-order valence-corrected chi connectivity index (χ3v) is 5.90. The molecule has 3 aromatic carbocycles. The lowest BCUT2D eigenvalue weighted by Crippen LogP contribution is -2.32. The zero-order valence-electron chi connectivity index (χ0n) is 19.0. The van der Waals surface area contributed by atoms with Crippen LogP contribution < -0.4 is 19.1 Å². The Hall–Kier alpha value is -4.18. The van der Waals surface area contributed by atoms with Gasteiger partial charge < -0.3 is 14.2 Å². The molecule has 0 N–H and O–H groups in total. The third-order valence-electron chi connectivity index (χ3n) is 5.28. The van der Waals surface area contributed by atoms with Gasteiger partial charge in [-0.15, -0.1) is 0 Å². The van der Waals surface area contributed by atoms with Crippen LogP contribution in [0.1, 0.15) is 11.1 Å². The number of amides is 1. The van der Waals surface area contributed by atoms with Crippen LogP contribution in [0.4, 0.5) is 11.4 Å². The van der Waals surface area contributed by atoms with Crippen LogP contribution >= 0.6 is 15.9 Å². The monoisotopic (exact) mass is 537 g/mol. The SMILES string of the molecule is COc1ccc(C2=N/C(=C\c3cccc([N+](=O)[O-])c3)C(=O)N2c2ccc(OC)c(OC)c2)cc1Br. The van der Waals surface area contributed by atoms with Gasteiger partial charge in [-0.25, -0.2) is 4.99 Å². The number of nitro groups is 1. The molecule has 0 spiro atoms. The first-order chi connectivity index (χ1) is 16.9. The first-order valence-corrected chi connectivity index (χ1v) is 11.1. The molecule has 1 aliphatic heterocycles. The molecular weight excluding hydrogens is 518 g/mol. The predicted molar refractivity (Wildman–Crippen MR) is 135 cm³/mol. The van der Waals surface area contributed by atoms with Crippen molar-refractivity contribution in [2.45, 2.75) is 0 Å². The number of anilines is 1. The maximum Gasteiger partial charge on any atom is 0.282 e. The normalized spacial score (nSPS) is 14.2. The van der Waals surface area contributed by atoms with Gasteiger partial charge >= 0.3 is 0 Å². The molecule has 0 saturated heterocycles. The van der Waals surface area contributed by atoms with Crippen molar-refractivity contribution < 1.29 is 23.9 Å². The quantitative estimate of drug-likeness (QED) is 0.232. The van der Waals surface area contributed by atoms with Crippen LogP contribution in [0.5, 0.6) is 17.2 Å². The van der Waals surface area contributed by atoms with E-state index in [0.29, 0.717) is 44.4 Å². The van der Waals surface area contributed by atoms with Gasteiger partial charge in [-0.1, -0.05) is 12.1 Å². The number of hydrogen-bond donors (Lipinski definition) is 0. The lowest BCUT2D eigenvalue weighted by Gasteiger charge is -2.20. The molecule has 0 radical (unpaired) electrons. The minimum Gasteiger partial charge on any atom is -0.496 e. The summed E-state index contributed by atoms with van der Waals surface area (Å²) in [5.41, 5.74) is 1.70. The number of amidine groups is 1. The van der Waals surface area contributed by atoms with Crippen molar-refractivity contribution in [3.8, 4) is 17.2 Å². The second-order valence-electron chi connectivity index (χ2n) is 7.35. The highest BCUT2D eigenvalue weighted by molar-refractivity contribution is 9.10. The van der Waals surface area contributed by atoms with E-state index in [2.05, 4.69) is 20.9 Å². The van der Waals surface area contributed by atoms with Crippen molar-refractivity contribution in [3.63, 3.8) is 0 Å². The first-order valence-electron chi connectivity index (χ1n) is 10.3. The standard InChI is InChI=1S/C25H20BrN3O6/c1-33-21-9-7-16(13-19(21)26)24-27-20(12-15-5-4-6-18(11-15)29(31)32)25(30)28(24)17-8-10-22(34-2)23(14-17)35-3/h4-14H,1-3H3/b20-12-. The Kier molecular flexibility index (Phi) is 6.83. The predicted octanol–water partition coefficient (Wildman–Crippen LogP) is 5.22. The fourth-order valence-corrected chi connectivity index (χ4v) is 4.15. The highest BCUT2D eigenvalue weighted by atomic mass is 79.9. The van der Waals surface area contributed by atoms with Gasteiger partial charge in [0.05, 0.1) is 36.4 Å². The number of hydrogen-bond acceptors (Lipinski definition) is 7.